The summed E-state index contributed by atoms with van der Waals surface area (Å²) in [5, 5.41) is 12.1. The molecule has 1 N–H and O–H groups in total. The summed E-state index contributed by atoms with van der Waals surface area (Å²) < 4.78 is 14.5. The minimum Gasteiger partial charge on any atom is -0.497 e. The van der Waals surface area contributed by atoms with E-state index in [-0.39, 0.29) is 5.91 Å². The number of aromatic nitrogens is 4. The van der Waals surface area contributed by atoms with Crippen LogP contribution in [0.5, 0.6) is 11.5 Å². The molecular weight excluding hydrogens is 454 g/mol. The van der Waals surface area contributed by atoms with E-state index < -0.39 is 0 Å². The standard InChI is InChI=1S/C28H25N5O3/c1-35-23-13-14-26(36-2)24(15-23)27-25(19-33(31-27)22-11-7-4-8-12-22)28(34)30-21-16-29-32(18-21)17-20-9-5-3-6-10-20/h3-16,18-19H,17H2,1-2H3,(H,30,34). The number of carbonyl (C=O) groups excluding carboxylic acids is 1. The first kappa shape index (κ1) is 22.9. The number of anilines is 1. The third-order valence-electron chi connectivity index (χ3n) is 5.72. The Bertz CT molecular complexity index is 1480. The van der Waals surface area contributed by atoms with E-state index in [1.54, 1.807) is 54.3 Å². The van der Waals surface area contributed by atoms with Crippen LogP contribution in [-0.4, -0.2) is 39.7 Å². The van der Waals surface area contributed by atoms with Crippen molar-refractivity contribution < 1.29 is 14.3 Å². The van der Waals surface area contributed by atoms with Crippen molar-refractivity contribution in [1.82, 2.24) is 19.6 Å². The maximum atomic E-state index is 13.5. The molecule has 0 radical (unpaired) electrons. The number of amides is 1. The second-order valence-electron chi connectivity index (χ2n) is 8.10. The SMILES string of the molecule is COc1ccc(OC)c(-c2nn(-c3ccccc3)cc2C(=O)Nc2cnn(Cc3ccccc3)c2)c1. The number of hydrogen-bond acceptors (Lipinski definition) is 5. The lowest BCUT2D eigenvalue weighted by Crippen LogP contribution is -2.12. The molecule has 0 unspecified atom stereocenters. The summed E-state index contributed by atoms with van der Waals surface area (Å²) in [6.45, 7) is 0.606. The van der Waals surface area contributed by atoms with Gasteiger partial charge in [-0.25, -0.2) is 4.68 Å². The van der Waals surface area contributed by atoms with E-state index in [2.05, 4.69) is 10.4 Å². The molecule has 2 aromatic heterocycles. The molecule has 0 saturated carbocycles. The molecule has 0 atom stereocenters. The molecule has 5 aromatic rings. The van der Waals surface area contributed by atoms with Crippen LogP contribution in [0.3, 0.4) is 0 Å². The molecule has 0 aliphatic rings. The van der Waals surface area contributed by atoms with E-state index in [4.69, 9.17) is 14.6 Å². The lowest BCUT2D eigenvalue weighted by molar-refractivity contribution is 0.102. The lowest BCUT2D eigenvalue weighted by atomic mass is 10.1. The Hall–Kier alpha value is -4.85. The summed E-state index contributed by atoms with van der Waals surface area (Å²) in [5.41, 5.74) is 4.05. The first-order valence-electron chi connectivity index (χ1n) is 11.4. The van der Waals surface area contributed by atoms with Gasteiger partial charge in [-0.2, -0.15) is 10.2 Å². The number of rotatable bonds is 8. The molecule has 3 aromatic carbocycles. The van der Waals surface area contributed by atoms with Crippen molar-refractivity contribution in [2.24, 2.45) is 0 Å². The number of nitrogens with zero attached hydrogens (tertiary/aromatic N) is 4. The smallest absolute Gasteiger partial charge is 0.259 e. The Morgan fingerprint density at radius 2 is 1.67 bits per heavy atom. The van der Waals surface area contributed by atoms with Gasteiger partial charge < -0.3 is 14.8 Å². The molecule has 2 heterocycles. The molecule has 0 saturated heterocycles. The summed E-state index contributed by atoms with van der Waals surface area (Å²) in [4.78, 5) is 13.5. The highest BCUT2D eigenvalue weighted by molar-refractivity contribution is 6.08. The monoisotopic (exact) mass is 479 g/mol. The van der Waals surface area contributed by atoms with Crippen LogP contribution in [0.1, 0.15) is 15.9 Å². The molecule has 0 aliphatic carbocycles. The first-order chi connectivity index (χ1) is 17.6. The van der Waals surface area contributed by atoms with Gasteiger partial charge in [0.2, 0.25) is 0 Å². The van der Waals surface area contributed by atoms with Gasteiger partial charge in [-0.3, -0.25) is 9.48 Å². The van der Waals surface area contributed by atoms with Crippen LogP contribution in [0, 0.1) is 0 Å². The van der Waals surface area contributed by atoms with Gasteiger partial charge in [0.25, 0.3) is 5.91 Å². The van der Waals surface area contributed by atoms with E-state index in [1.807, 2.05) is 66.7 Å². The van der Waals surface area contributed by atoms with Crippen LogP contribution >= 0.6 is 0 Å². The number of carbonyl (C=O) groups is 1. The summed E-state index contributed by atoms with van der Waals surface area (Å²) in [5.74, 6) is 0.906. The first-order valence-corrected chi connectivity index (χ1v) is 11.4. The van der Waals surface area contributed by atoms with Crippen LogP contribution in [0.15, 0.2) is 97.5 Å². The van der Waals surface area contributed by atoms with Gasteiger partial charge in [-0.05, 0) is 35.9 Å². The van der Waals surface area contributed by atoms with Crippen molar-refractivity contribution in [3.05, 3.63) is 109 Å². The summed E-state index contributed by atoms with van der Waals surface area (Å²) >= 11 is 0. The topological polar surface area (TPSA) is 83.2 Å². The number of ether oxygens (including phenoxy) is 2. The van der Waals surface area contributed by atoms with Gasteiger partial charge in [0.05, 0.1) is 43.9 Å². The lowest BCUT2D eigenvalue weighted by Gasteiger charge is -2.10. The second kappa shape index (κ2) is 10.2. The fourth-order valence-corrected chi connectivity index (χ4v) is 3.93. The molecule has 0 spiro atoms. The maximum Gasteiger partial charge on any atom is 0.259 e. The Kier molecular flexibility index (Phi) is 6.48. The third-order valence-corrected chi connectivity index (χ3v) is 5.72. The zero-order valence-corrected chi connectivity index (χ0v) is 20.0. The fraction of sp³-hybridized carbons (Fsp3) is 0.107. The average molecular weight is 480 g/mol. The van der Waals surface area contributed by atoms with Crippen molar-refractivity contribution in [3.63, 3.8) is 0 Å². The molecular formula is C28H25N5O3. The minimum absolute atomic E-state index is 0.309. The third kappa shape index (κ3) is 4.83. The Morgan fingerprint density at radius 3 is 2.39 bits per heavy atom. The van der Waals surface area contributed by atoms with Crippen LogP contribution in [0.25, 0.3) is 16.9 Å². The quantitative estimate of drug-likeness (QED) is 0.337. The Balaban J connectivity index is 1.49. The number of hydrogen-bond donors (Lipinski definition) is 1. The molecule has 5 rings (SSSR count). The highest BCUT2D eigenvalue weighted by Gasteiger charge is 2.22. The predicted molar refractivity (Wildman–Crippen MR) is 138 cm³/mol. The van der Waals surface area contributed by atoms with Gasteiger partial charge in [0.1, 0.15) is 17.2 Å². The molecule has 36 heavy (non-hydrogen) atoms. The average Bonchev–Trinajstić information content (AvgIpc) is 3.56. The van der Waals surface area contributed by atoms with E-state index in [0.29, 0.717) is 40.6 Å². The number of para-hydroxylation sites is 1. The molecule has 0 aliphatic heterocycles. The predicted octanol–water partition coefficient (Wildman–Crippen LogP) is 5.05. The molecule has 0 fully saturated rings. The zero-order valence-electron chi connectivity index (χ0n) is 20.0. The number of nitrogens with one attached hydrogen (secondary N) is 1. The fourth-order valence-electron chi connectivity index (χ4n) is 3.93. The van der Waals surface area contributed by atoms with Crippen molar-refractivity contribution in [2.45, 2.75) is 6.54 Å². The van der Waals surface area contributed by atoms with Crippen molar-refractivity contribution in [1.29, 1.82) is 0 Å². The van der Waals surface area contributed by atoms with Crippen molar-refractivity contribution >= 4 is 11.6 Å². The number of benzene rings is 3. The minimum atomic E-state index is -0.309. The highest BCUT2D eigenvalue weighted by atomic mass is 16.5. The van der Waals surface area contributed by atoms with Crippen LogP contribution in [0.4, 0.5) is 5.69 Å². The van der Waals surface area contributed by atoms with Crippen LogP contribution in [-0.2, 0) is 6.54 Å². The Morgan fingerprint density at radius 1 is 0.917 bits per heavy atom. The van der Waals surface area contributed by atoms with Gasteiger partial charge in [-0.1, -0.05) is 48.5 Å². The largest absolute Gasteiger partial charge is 0.497 e. The second-order valence-corrected chi connectivity index (χ2v) is 8.10. The van der Waals surface area contributed by atoms with Crippen molar-refractivity contribution in [3.8, 4) is 28.4 Å². The maximum absolute atomic E-state index is 13.5. The highest BCUT2D eigenvalue weighted by Crippen LogP contribution is 2.35. The molecule has 0 bridgehead atoms. The zero-order chi connectivity index (χ0) is 24.9. The van der Waals surface area contributed by atoms with Gasteiger partial charge in [0, 0.05) is 18.0 Å². The summed E-state index contributed by atoms with van der Waals surface area (Å²) in [6, 6.07) is 25.0. The molecule has 180 valence electrons. The van der Waals surface area contributed by atoms with Crippen LogP contribution < -0.4 is 14.8 Å². The normalized spacial score (nSPS) is 10.7. The van der Waals surface area contributed by atoms with Gasteiger partial charge in [-0.15, -0.1) is 0 Å². The Labute approximate surface area is 208 Å². The molecule has 8 heteroatoms. The molecule has 1 amide bonds. The number of methoxy groups -OCH3 is 2. The van der Waals surface area contributed by atoms with E-state index in [9.17, 15) is 4.79 Å². The van der Waals surface area contributed by atoms with Gasteiger partial charge in [0.15, 0.2) is 0 Å². The van der Waals surface area contributed by atoms with Crippen LogP contribution in [0.2, 0.25) is 0 Å². The van der Waals surface area contributed by atoms with Crippen molar-refractivity contribution in [2.75, 3.05) is 19.5 Å². The van der Waals surface area contributed by atoms with E-state index in [0.717, 1.165) is 11.3 Å². The summed E-state index contributed by atoms with van der Waals surface area (Å²) in [6.07, 6.45) is 5.15. The summed E-state index contributed by atoms with van der Waals surface area (Å²) in [7, 11) is 3.18. The van der Waals surface area contributed by atoms with E-state index >= 15 is 0 Å². The molecule has 8 nitrogen and oxygen atoms in total. The van der Waals surface area contributed by atoms with Gasteiger partial charge >= 0.3 is 0 Å². The van der Waals surface area contributed by atoms with E-state index in [1.165, 1.54) is 0 Å².